The summed E-state index contributed by atoms with van der Waals surface area (Å²) in [4.78, 5) is 36.7. The number of ketones is 1. The number of allylic oxidation sites excluding steroid dienone is 1. The summed E-state index contributed by atoms with van der Waals surface area (Å²) in [6.07, 6.45) is 5.74. The van der Waals surface area contributed by atoms with Crippen LogP contribution in [-0.2, 0) is 23.9 Å². The number of hydrogen-bond acceptors (Lipinski definition) is 5. The molecule has 2 atom stereocenters. The summed E-state index contributed by atoms with van der Waals surface area (Å²) < 4.78 is 10.1. The molecule has 116 valence electrons. The lowest BCUT2D eigenvalue weighted by molar-refractivity contribution is -0.169. The Morgan fingerprint density at radius 1 is 1.38 bits per heavy atom. The molecular formula is C16H22O5. The summed E-state index contributed by atoms with van der Waals surface area (Å²) >= 11 is 0. The molecule has 0 unspecified atom stereocenters. The van der Waals surface area contributed by atoms with E-state index >= 15 is 0 Å². The van der Waals surface area contributed by atoms with Gasteiger partial charge in [-0.2, -0.15) is 0 Å². The van der Waals surface area contributed by atoms with Crippen LogP contribution >= 0.6 is 0 Å². The van der Waals surface area contributed by atoms with Crippen LogP contribution in [0, 0.1) is 11.3 Å². The fraction of sp³-hybridized carbons (Fsp3) is 0.688. The van der Waals surface area contributed by atoms with Gasteiger partial charge in [0.2, 0.25) is 5.76 Å². The van der Waals surface area contributed by atoms with Gasteiger partial charge in [-0.15, -0.1) is 0 Å². The first-order valence-electron chi connectivity index (χ1n) is 7.70. The molecule has 0 radical (unpaired) electrons. The van der Waals surface area contributed by atoms with Gasteiger partial charge in [0.15, 0.2) is 5.78 Å². The van der Waals surface area contributed by atoms with Crippen molar-refractivity contribution in [2.75, 3.05) is 6.61 Å². The van der Waals surface area contributed by atoms with Crippen LogP contribution in [0.15, 0.2) is 11.8 Å². The fourth-order valence-electron chi connectivity index (χ4n) is 3.31. The number of carbonyl (C=O) groups is 3. The summed E-state index contributed by atoms with van der Waals surface area (Å²) in [6.45, 7) is 3.91. The molecule has 1 fully saturated rings. The first-order chi connectivity index (χ1) is 10.1. The quantitative estimate of drug-likeness (QED) is 0.588. The maximum absolute atomic E-state index is 12.5. The molecule has 2 aliphatic rings. The van der Waals surface area contributed by atoms with E-state index in [1.807, 2.05) is 6.92 Å². The summed E-state index contributed by atoms with van der Waals surface area (Å²) in [5, 5.41) is 0. The topological polar surface area (TPSA) is 69.7 Å². The second kappa shape index (κ2) is 6.41. The Hall–Kier alpha value is -1.65. The van der Waals surface area contributed by atoms with E-state index in [2.05, 4.69) is 0 Å². The van der Waals surface area contributed by atoms with Crippen molar-refractivity contribution in [2.45, 2.75) is 52.4 Å². The third kappa shape index (κ3) is 2.74. The average Bonchev–Trinajstić information content (AvgIpc) is 2.46. The number of esters is 2. The van der Waals surface area contributed by atoms with Crippen LogP contribution in [0.25, 0.3) is 0 Å². The lowest BCUT2D eigenvalue weighted by Crippen LogP contribution is -2.50. The zero-order valence-electron chi connectivity index (χ0n) is 12.6. The van der Waals surface area contributed by atoms with Crippen molar-refractivity contribution in [1.82, 2.24) is 0 Å². The molecule has 0 aromatic rings. The van der Waals surface area contributed by atoms with Gasteiger partial charge in [-0.1, -0.05) is 19.8 Å². The van der Waals surface area contributed by atoms with Crippen LogP contribution in [-0.4, -0.2) is 24.3 Å². The van der Waals surface area contributed by atoms with E-state index in [1.165, 1.54) is 0 Å². The monoisotopic (exact) mass is 294 g/mol. The molecule has 0 N–H and O–H groups in total. The molecule has 21 heavy (non-hydrogen) atoms. The number of hydrogen-bond donors (Lipinski definition) is 0. The largest absolute Gasteiger partial charge is 0.460 e. The Balaban J connectivity index is 2.36. The summed E-state index contributed by atoms with van der Waals surface area (Å²) in [5.74, 6) is -1.59. The molecule has 0 aromatic carbocycles. The molecule has 0 amide bonds. The lowest BCUT2D eigenvalue weighted by Gasteiger charge is -2.41. The van der Waals surface area contributed by atoms with E-state index in [0.29, 0.717) is 19.3 Å². The molecule has 1 aliphatic heterocycles. The summed E-state index contributed by atoms with van der Waals surface area (Å²) in [6, 6.07) is 0. The van der Waals surface area contributed by atoms with Crippen LogP contribution in [0.5, 0.6) is 0 Å². The zero-order chi connectivity index (χ0) is 15.5. The Labute approximate surface area is 124 Å². The smallest absolute Gasteiger partial charge is 0.374 e. The van der Waals surface area contributed by atoms with E-state index < -0.39 is 17.4 Å². The van der Waals surface area contributed by atoms with Gasteiger partial charge in [0.05, 0.1) is 6.61 Å². The standard InChI is InChI=1S/C16H22O5/c1-3-7-11-10-12(14(18)20-4-2)21-15(19)16(11)9-6-5-8-13(16)17/h10-11H,3-9H2,1-2H3/t11-,16-/m1/s1. The van der Waals surface area contributed by atoms with Crippen molar-refractivity contribution in [3.8, 4) is 0 Å². The van der Waals surface area contributed by atoms with Crippen LogP contribution in [0.1, 0.15) is 52.4 Å². The maximum Gasteiger partial charge on any atom is 0.374 e. The zero-order valence-corrected chi connectivity index (χ0v) is 12.6. The number of cyclic esters (lactones) is 1. The highest BCUT2D eigenvalue weighted by Crippen LogP contribution is 2.47. The number of carbonyl (C=O) groups excluding carboxylic acids is 3. The fourth-order valence-corrected chi connectivity index (χ4v) is 3.31. The van der Waals surface area contributed by atoms with E-state index in [4.69, 9.17) is 9.47 Å². The van der Waals surface area contributed by atoms with Crippen LogP contribution in [0.2, 0.25) is 0 Å². The molecule has 1 spiro atoms. The Bertz CT molecular complexity index is 479. The molecule has 0 bridgehead atoms. The highest BCUT2D eigenvalue weighted by Gasteiger charge is 2.55. The molecule has 5 heteroatoms. The van der Waals surface area contributed by atoms with E-state index in [9.17, 15) is 14.4 Å². The van der Waals surface area contributed by atoms with E-state index in [1.54, 1.807) is 13.0 Å². The number of Topliss-reactive ketones (excluding diaryl/α,β-unsaturated/α-hetero) is 1. The van der Waals surface area contributed by atoms with Crippen molar-refractivity contribution < 1.29 is 23.9 Å². The molecule has 1 saturated carbocycles. The Morgan fingerprint density at radius 2 is 2.14 bits per heavy atom. The van der Waals surface area contributed by atoms with Crippen molar-refractivity contribution in [3.05, 3.63) is 11.8 Å². The third-order valence-electron chi connectivity index (χ3n) is 4.35. The van der Waals surface area contributed by atoms with E-state index in [-0.39, 0.29) is 24.1 Å². The van der Waals surface area contributed by atoms with Gasteiger partial charge in [-0.05, 0) is 32.3 Å². The van der Waals surface area contributed by atoms with Crippen LogP contribution in [0.3, 0.4) is 0 Å². The Kier molecular flexibility index (Phi) is 4.80. The molecule has 5 nitrogen and oxygen atoms in total. The first kappa shape index (κ1) is 15.7. The van der Waals surface area contributed by atoms with Gasteiger partial charge in [-0.25, -0.2) is 4.79 Å². The highest BCUT2D eigenvalue weighted by atomic mass is 16.6. The SMILES string of the molecule is CCC[C@@H]1C=C(C(=O)OCC)OC(=O)[C@]12CCCCC2=O. The minimum atomic E-state index is -1.08. The minimum Gasteiger partial charge on any atom is -0.460 e. The van der Waals surface area contributed by atoms with Crippen molar-refractivity contribution in [3.63, 3.8) is 0 Å². The van der Waals surface area contributed by atoms with Crippen LogP contribution in [0.4, 0.5) is 0 Å². The number of ether oxygens (including phenoxy) is 2. The second-order valence-corrected chi connectivity index (χ2v) is 5.64. The summed E-state index contributed by atoms with van der Waals surface area (Å²) in [5.41, 5.74) is -1.08. The van der Waals surface area contributed by atoms with Crippen molar-refractivity contribution in [1.29, 1.82) is 0 Å². The Morgan fingerprint density at radius 3 is 2.76 bits per heavy atom. The molecule has 0 aromatic heterocycles. The van der Waals surface area contributed by atoms with Gasteiger partial charge < -0.3 is 9.47 Å². The molecular weight excluding hydrogens is 272 g/mol. The predicted molar refractivity (Wildman–Crippen MR) is 75.1 cm³/mol. The van der Waals surface area contributed by atoms with E-state index in [0.717, 1.165) is 19.3 Å². The van der Waals surface area contributed by atoms with Gasteiger partial charge in [0, 0.05) is 12.3 Å². The maximum atomic E-state index is 12.5. The average molecular weight is 294 g/mol. The normalized spacial score (nSPS) is 29.0. The first-order valence-corrected chi connectivity index (χ1v) is 7.70. The van der Waals surface area contributed by atoms with Gasteiger partial charge in [0.25, 0.3) is 0 Å². The third-order valence-corrected chi connectivity index (χ3v) is 4.35. The number of rotatable bonds is 4. The predicted octanol–water partition coefficient (Wildman–Crippen LogP) is 2.54. The second-order valence-electron chi connectivity index (χ2n) is 5.64. The molecule has 0 saturated heterocycles. The highest BCUT2D eigenvalue weighted by molar-refractivity contribution is 6.07. The van der Waals surface area contributed by atoms with Crippen molar-refractivity contribution >= 4 is 17.7 Å². The summed E-state index contributed by atoms with van der Waals surface area (Å²) in [7, 11) is 0. The van der Waals surface area contributed by atoms with Crippen molar-refractivity contribution in [2.24, 2.45) is 11.3 Å². The lowest BCUT2D eigenvalue weighted by atomic mass is 9.62. The molecule has 1 aliphatic carbocycles. The van der Waals surface area contributed by atoms with Crippen LogP contribution < -0.4 is 0 Å². The van der Waals surface area contributed by atoms with Gasteiger partial charge >= 0.3 is 11.9 Å². The molecule has 2 rings (SSSR count). The molecule has 1 heterocycles. The van der Waals surface area contributed by atoms with Gasteiger partial charge in [-0.3, -0.25) is 9.59 Å². The minimum absolute atomic E-state index is 0.0450. The van der Waals surface area contributed by atoms with Gasteiger partial charge in [0.1, 0.15) is 5.41 Å².